The number of H-pyrrole nitrogens is 1. The van der Waals surface area contributed by atoms with Gasteiger partial charge in [-0.25, -0.2) is 8.42 Å². The Labute approximate surface area is 171 Å². The lowest BCUT2D eigenvalue weighted by atomic mass is 9.98. The molecule has 0 aliphatic carbocycles. The number of anilines is 2. The van der Waals surface area contributed by atoms with Gasteiger partial charge in [-0.15, -0.1) is 0 Å². The van der Waals surface area contributed by atoms with E-state index in [0.29, 0.717) is 16.9 Å². The van der Waals surface area contributed by atoms with Crippen molar-refractivity contribution in [1.29, 1.82) is 0 Å². The molecule has 3 rings (SSSR count). The topological polar surface area (TPSA) is 82.3 Å². The number of sulfonamides is 1. The quantitative estimate of drug-likeness (QED) is 0.579. The highest BCUT2D eigenvalue weighted by Crippen LogP contribution is 2.26. The van der Waals surface area contributed by atoms with Gasteiger partial charge < -0.3 is 9.88 Å². The van der Waals surface area contributed by atoms with Crippen LogP contribution >= 0.6 is 0 Å². The normalized spacial score (nSPS) is 12.4. The SMILES string of the molecule is CC(c1ccc(NS(C)(=O)=O)cc1)c1ccc(C(=O)c2ccc(N(C)C)cc2)[nH]1. The van der Waals surface area contributed by atoms with Crippen molar-refractivity contribution < 1.29 is 13.2 Å². The summed E-state index contributed by atoms with van der Waals surface area (Å²) in [6, 6.07) is 18.4. The molecule has 0 spiro atoms. The molecule has 0 aliphatic rings. The summed E-state index contributed by atoms with van der Waals surface area (Å²) >= 11 is 0. The Bertz CT molecular complexity index is 1100. The number of ketones is 1. The van der Waals surface area contributed by atoms with E-state index < -0.39 is 10.0 Å². The summed E-state index contributed by atoms with van der Waals surface area (Å²) in [6.45, 7) is 2.03. The van der Waals surface area contributed by atoms with Crippen LogP contribution in [0.5, 0.6) is 0 Å². The Morgan fingerprint density at radius 3 is 2.14 bits per heavy atom. The maximum Gasteiger partial charge on any atom is 0.229 e. The van der Waals surface area contributed by atoms with Gasteiger partial charge in [0.25, 0.3) is 0 Å². The lowest BCUT2D eigenvalue weighted by Crippen LogP contribution is -2.09. The van der Waals surface area contributed by atoms with E-state index in [2.05, 4.69) is 9.71 Å². The van der Waals surface area contributed by atoms with Crippen molar-refractivity contribution in [3.8, 4) is 0 Å². The molecule has 0 saturated heterocycles. The maximum absolute atomic E-state index is 12.8. The largest absolute Gasteiger partial charge is 0.378 e. The number of rotatable bonds is 7. The summed E-state index contributed by atoms with van der Waals surface area (Å²) < 4.78 is 25.1. The van der Waals surface area contributed by atoms with Crippen molar-refractivity contribution in [2.24, 2.45) is 0 Å². The van der Waals surface area contributed by atoms with Gasteiger partial charge in [0.2, 0.25) is 15.8 Å². The number of hydrogen-bond donors (Lipinski definition) is 2. The van der Waals surface area contributed by atoms with E-state index >= 15 is 0 Å². The van der Waals surface area contributed by atoms with Crippen LogP contribution in [-0.4, -0.2) is 39.5 Å². The number of carbonyl (C=O) groups excluding carboxylic acids is 1. The summed E-state index contributed by atoms with van der Waals surface area (Å²) in [4.78, 5) is 18.0. The van der Waals surface area contributed by atoms with Crippen LogP contribution in [0.1, 0.15) is 40.2 Å². The molecule has 1 unspecified atom stereocenters. The zero-order chi connectivity index (χ0) is 21.2. The van der Waals surface area contributed by atoms with Crippen LogP contribution in [0, 0.1) is 0 Å². The molecule has 1 aromatic heterocycles. The molecule has 3 aromatic rings. The van der Waals surface area contributed by atoms with Crippen LogP contribution in [0.25, 0.3) is 0 Å². The molecule has 7 heteroatoms. The van der Waals surface area contributed by atoms with Gasteiger partial charge >= 0.3 is 0 Å². The Morgan fingerprint density at radius 2 is 1.59 bits per heavy atom. The van der Waals surface area contributed by atoms with E-state index in [0.717, 1.165) is 23.2 Å². The van der Waals surface area contributed by atoms with E-state index in [4.69, 9.17) is 0 Å². The zero-order valence-electron chi connectivity index (χ0n) is 16.9. The van der Waals surface area contributed by atoms with Gasteiger partial charge in [-0.1, -0.05) is 19.1 Å². The van der Waals surface area contributed by atoms with Gasteiger partial charge in [0.1, 0.15) is 0 Å². The molecular formula is C22H25N3O3S. The fourth-order valence-electron chi connectivity index (χ4n) is 3.10. The molecule has 0 amide bonds. The molecule has 0 saturated carbocycles. The first kappa shape index (κ1) is 20.7. The number of nitrogens with zero attached hydrogens (tertiary/aromatic N) is 1. The van der Waals surface area contributed by atoms with Crippen molar-refractivity contribution in [2.75, 3.05) is 30.0 Å². The van der Waals surface area contributed by atoms with Crippen molar-refractivity contribution >= 4 is 27.2 Å². The van der Waals surface area contributed by atoms with Gasteiger partial charge in [-0.05, 0) is 54.1 Å². The molecule has 1 atom stereocenters. The number of aromatic amines is 1. The minimum atomic E-state index is -3.30. The molecule has 0 radical (unpaired) electrons. The summed E-state index contributed by atoms with van der Waals surface area (Å²) in [6.07, 6.45) is 1.12. The molecule has 29 heavy (non-hydrogen) atoms. The van der Waals surface area contributed by atoms with Gasteiger partial charge in [0, 0.05) is 42.6 Å². The van der Waals surface area contributed by atoms with Crippen LogP contribution < -0.4 is 9.62 Å². The first-order valence-electron chi connectivity index (χ1n) is 9.23. The summed E-state index contributed by atoms with van der Waals surface area (Å²) in [5.74, 6) is -0.0265. The molecule has 6 nitrogen and oxygen atoms in total. The Morgan fingerprint density at radius 1 is 0.966 bits per heavy atom. The van der Waals surface area contributed by atoms with E-state index in [1.54, 1.807) is 18.2 Å². The van der Waals surface area contributed by atoms with Crippen LogP contribution in [-0.2, 0) is 10.0 Å². The average Bonchev–Trinajstić information content (AvgIpc) is 3.16. The molecule has 0 aliphatic heterocycles. The molecule has 1 heterocycles. The summed E-state index contributed by atoms with van der Waals surface area (Å²) in [5.41, 5.74) is 4.66. The maximum atomic E-state index is 12.8. The lowest BCUT2D eigenvalue weighted by Gasteiger charge is -2.12. The fourth-order valence-corrected chi connectivity index (χ4v) is 3.66. The average molecular weight is 412 g/mol. The molecule has 0 fully saturated rings. The molecule has 0 bridgehead atoms. The lowest BCUT2D eigenvalue weighted by molar-refractivity contribution is 0.103. The Kier molecular flexibility index (Phi) is 5.79. The van der Waals surface area contributed by atoms with E-state index in [1.807, 2.05) is 68.4 Å². The molecule has 2 aromatic carbocycles. The summed E-state index contributed by atoms with van der Waals surface area (Å²) in [5, 5.41) is 0. The predicted octanol–water partition coefficient (Wildman–Crippen LogP) is 3.84. The highest BCUT2D eigenvalue weighted by atomic mass is 32.2. The second kappa shape index (κ2) is 8.13. The molecular weight excluding hydrogens is 386 g/mol. The van der Waals surface area contributed by atoms with E-state index in [-0.39, 0.29) is 11.7 Å². The zero-order valence-corrected chi connectivity index (χ0v) is 17.7. The second-order valence-electron chi connectivity index (χ2n) is 7.32. The highest BCUT2D eigenvalue weighted by Gasteiger charge is 2.15. The Hall–Kier alpha value is -3.06. The smallest absolute Gasteiger partial charge is 0.229 e. The van der Waals surface area contributed by atoms with Crippen LogP contribution in [0.15, 0.2) is 60.7 Å². The van der Waals surface area contributed by atoms with Gasteiger partial charge in [0.05, 0.1) is 11.9 Å². The number of aromatic nitrogens is 1. The van der Waals surface area contributed by atoms with Gasteiger partial charge in [-0.2, -0.15) is 0 Å². The van der Waals surface area contributed by atoms with Crippen LogP contribution in [0.2, 0.25) is 0 Å². The predicted molar refractivity (Wildman–Crippen MR) is 117 cm³/mol. The van der Waals surface area contributed by atoms with Crippen LogP contribution in [0.4, 0.5) is 11.4 Å². The second-order valence-corrected chi connectivity index (χ2v) is 9.06. The number of hydrogen-bond acceptors (Lipinski definition) is 4. The Balaban J connectivity index is 1.75. The third kappa shape index (κ3) is 5.06. The summed E-state index contributed by atoms with van der Waals surface area (Å²) in [7, 11) is 0.616. The number of nitrogens with one attached hydrogen (secondary N) is 2. The minimum Gasteiger partial charge on any atom is -0.378 e. The van der Waals surface area contributed by atoms with Gasteiger partial charge in [-0.3, -0.25) is 9.52 Å². The molecule has 2 N–H and O–H groups in total. The first-order valence-corrected chi connectivity index (χ1v) is 11.1. The highest BCUT2D eigenvalue weighted by molar-refractivity contribution is 7.92. The number of carbonyl (C=O) groups is 1. The first-order chi connectivity index (χ1) is 13.6. The van der Waals surface area contributed by atoms with Crippen molar-refractivity contribution in [3.63, 3.8) is 0 Å². The minimum absolute atomic E-state index is 0.0277. The van der Waals surface area contributed by atoms with Crippen molar-refractivity contribution in [3.05, 3.63) is 83.2 Å². The number of benzene rings is 2. The fraction of sp³-hybridized carbons (Fsp3) is 0.227. The third-order valence-corrected chi connectivity index (χ3v) is 5.39. The van der Waals surface area contributed by atoms with Crippen LogP contribution in [0.3, 0.4) is 0 Å². The van der Waals surface area contributed by atoms with E-state index in [9.17, 15) is 13.2 Å². The monoisotopic (exact) mass is 411 g/mol. The molecule has 152 valence electrons. The van der Waals surface area contributed by atoms with Crippen molar-refractivity contribution in [2.45, 2.75) is 12.8 Å². The third-order valence-electron chi connectivity index (χ3n) is 4.78. The van der Waals surface area contributed by atoms with Gasteiger partial charge in [0.15, 0.2) is 0 Å². The van der Waals surface area contributed by atoms with Crippen molar-refractivity contribution in [1.82, 2.24) is 4.98 Å². The van der Waals surface area contributed by atoms with E-state index in [1.165, 1.54) is 0 Å². The standard InChI is InChI=1S/C22H25N3O3S/c1-15(16-5-9-18(10-6-16)24-29(4,27)28)20-13-14-21(23-20)22(26)17-7-11-19(12-8-17)25(2)3/h5-15,23-24H,1-4H3.